The number of carbonyl (C=O) groups is 2. The lowest BCUT2D eigenvalue weighted by Gasteiger charge is -2.20. The fourth-order valence-corrected chi connectivity index (χ4v) is 11.8. The summed E-state index contributed by atoms with van der Waals surface area (Å²) < 4.78 is 5.48. The fourth-order valence-electron chi connectivity index (χ4n) is 11.8. The molecule has 6 nitrogen and oxygen atoms in total. The Bertz CT molecular complexity index is 1270. The molecule has 0 aromatic rings. The van der Waals surface area contributed by atoms with E-state index in [1.54, 1.807) is 6.08 Å². The number of aliphatic hydroxyl groups is 2. The Morgan fingerprint density at radius 3 is 0.877 bits per heavy atom. The Balaban J connectivity index is 3.41. The quantitative estimate of drug-likeness (QED) is 0.0320. The number of allylic oxidation sites excluding steroid dienone is 3. The summed E-state index contributed by atoms with van der Waals surface area (Å²) in [6.07, 6.45) is 89.9. The van der Waals surface area contributed by atoms with Crippen LogP contribution in [0.1, 0.15) is 418 Å². The smallest absolute Gasteiger partial charge is 0.305 e. The summed E-state index contributed by atoms with van der Waals surface area (Å²) in [5, 5.41) is 23.3. The highest BCUT2D eigenvalue weighted by molar-refractivity contribution is 5.76. The highest BCUT2D eigenvalue weighted by atomic mass is 16.5. The summed E-state index contributed by atoms with van der Waals surface area (Å²) >= 11 is 0. The van der Waals surface area contributed by atoms with Crippen molar-refractivity contribution in [1.82, 2.24) is 5.32 Å². The number of rotatable bonds is 70. The molecule has 0 saturated carbocycles. The van der Waals surface area contributed by atoms with Crippen molar-refractivity contribution in [2.45, 2.75) is 431 Å². The van der Waals surface area contributed by atoms with Crippen LogP contribution in [0.2, 0.25) is 0 Å². The molecule has 2 atom stereocenters. The van der Waals surface area contributed by atoms with Crippen LogP contribution in [0.4, 0.5) is 0 Å². The number of nitrogens with one attached hydrogen (secondary N) is 1. The number of hydrogen-bond donors (Lipinski definition) is 3. The topological polar surface area (TPSA) is 95.9 Å². The fraction of sp³-hybridized carbons (Fsp3) is 0.920. The van der Waals surface area contributed by atoms with E-state index in [9.17, 15) is 19.8 Å². The minimum absolute atomic E-state index is 0.0163. The van der Waals surface area contributed by atoms with Crippen molar-refractivity contribution in [2.75, 3.05) is 13.2 Å². The van der Waals surface area contributed by atoms with Gasteiger partial charge in [-0.25, -0.2) is 0 Å². The molecular formula is C75H145NO5. The monoisotopic (exact) mass is 1140 g/mol. The Kier molecular flexibility index (Phi) is 69.4. The van der Waals surface area contributed by atoms with E-state index in [1.807, 2.05) is 6.08 Å². The minimum atomic E-state index is -0.846. The molecule has 0 bridgehead atoms. The maximum atomic E-state index is 12.5. The van der Waals surface area contributed by atoms with Crippen molar-refractivity contribution in [3.8, 4) is 0 Å². The Hall–Kier alpha value is -1.66. The van der Waals surface area contributed by atoms with Crippen LogP contribution < -0.4 is 5.32 Å². The number of carbonyl (C=O) groups excluding carboxylic acids is 2. The van der Waals surface area contributed by atoms with E-state index in [2.05, 4.69) is 31.3 Å². The summed E-state index contributed by atoms with van der Waals surface area (Å²) in [4.78, 5) is 24.6. The second kappa shape index (κ2) is 70.8. The van der Waals surface area contributed by atoms with Crippen molar-refractivity contribution in [1.29, 1.82) is 0 Å². The molecule has 0 radical (unpaired) electrons. The van der Waals surface area contributed by atoms with Gasteiger partial charge in [-0.2, -0.15) is 0 Å². The molecule has 0 spiro atoms. The first-order valence-electron chi connectivity index (χ1n) is 37.1. The molecule has 0 fully saturated rings. The molecule has 0 heterocycles. The molecule has 1 amide bonds. The van der Waals surface area contributed by atoms with E-state index < -0.39 is 12.1 Å². The van der Waals surface area contributed by atoms with E-state index in [0.29, 0.717) is 19.4 Å². The van der Waals surface area contributed by atoms with Gasteiger partial charge < -0.3 is 20.3 Å². The zero-order chi connectivity index (χ0) is 58.5. The third-order valence-electron chi connectivity index (χ3n) is 17.5. The molecule has 0 saturated heterocycles. The van der Waals surface area contributed by atoms with Crippen molar-refractivity contribution < 1.29 is 24.5 Å². The number of aliphatic hydroxyl groups excluding tert-OH is 2. The van der Waals surface area contributed by atoms with E-state index in [0.717, 1.165) is 38.5 Å². The van der Waals surface area contributed by atoms with Crippen LogP contribution in [0.5, 0.6) is 0 Å². The number of unbranched alkanes of at least 4 members (excludes halogenated alkanes) is 57. The maximum Gasteiger partial charge on any atom is 0.305 e. The first kappa shape index (κ1) is 79.3. The molecule has 0 aromatic heterocycles. The van der Waals surface area contributed by atoms with Gasteiger partial charge in [-0.05, 0) is 57.8 Å². The van der Waals surface area contributed by atoms with Gasteiger partial charge in [-0.1, -0.05) is 372 Å². The summed E-state index contributed by atoms with van der Waals surface area (Å²) in [6, 6.07) is -0.630. The average Bonchev–Trinajstić information content (AvgIpc) is 3.47. The molecule has 0 aliphatic heterocycles. The molecule has 3 N–H and O–H groups in total. The van der Waals surface area contributed by atoms with E-state index in [1.165, 1.54) is 353 Å². The predicted molar refractivity (Wildman–Crippen MR) is 356 cm³/mol. The largest absolute Gasteiger partial charge is 0.466 e. The van der Waals surface area contributed by atoms with Gasteiger partial charge in [0.25, 0.3) is 0 Å². The van der Waals surface area contributed by atoms with E-state index in [-0.39, 0.29) is 18.5 Å². The second-order valence-electron chi connectivity index (χ2n) is 25.6. The van der Waals surface area contributed by atoms with Gasteiger partial charge in [-0.3, -0.25) is 9.59 Å². The highest BCUT2D eigenvalue weighted by Crippen LogP contribution is 2.19. The van der Waals surface area contributed by atoms with Crippen molar-refractivity contribution in [3.63, 3.8) is 0 Å². The first-order chi connectivity index (χ1) is 40.0. The second-order valence-corrected chi connectivity index (χ2v) is 25.6. The van der Waals surface area contributed by atoms with Gasteiger partial charge in [-0.15, -0.1) is 0 Å². The zero-order valence-corrected chi connectivity index (χ0v) is 55.0. The van der Waals surface area contributed by atoms with Crippen molar-refractivity contribution in [2.24, 2.45) is 0 Å². The van der Waals surface area contributed by atoms with Gasteiger partial charge in [0.2, 0.25) is 5.91 Å². The SMILES string of the molecule is CCCCCCCCCCCCCCCCCCCCCCCCC/C=C/C(O)C(CO)NC(=O)CCCCCCCCCCCCC/C=C\CCCCCCCCCCCCCCOC(=O)CCCCCCCCCCCCCC. The maximum absolute atomic E-state index is 12.5. The molecule has 81 heavy (non-hydrogen) atoms. The molecular weight excluding hydrogens is 995 g/mol. The van der Waals surface area contributed by atoms with Crippen LogP contribution in [0.15, 0.2) is 24.3 Å². The number of ether oxygens (including phenoxy) is 1. The molecule has 0 aliphatic rings. The lowest BCUT2D eigenvalue weighted by atomic mass is 10.0. The Morgan fingerprint density at radius 1 is 0.333 bits per heavy atom. The van der Waals surface area contributed by atoms with Gasteiger partial charge in [0, 0.05) is 12.8 Å². The van der Waals surface area contributed by atoms with Crippen LogP contribution in [0, 0.1) is 0 Å². The Morgan fingerprint density at radius 2 is 0.580 bits per heavy atom. The van der Waals surface area contributed by atoms with E-state index >= 15 is 0 Å². The standard InChI is InChI=1S/C75H145NO5/c1-3-5-7-9-11-13-15-17-18-19-20-21-22-26-29-32-35-38-41-44-47-51-55-59-63-67-73(78)72(71-77)76-74(79)68-64-60-56-52-48-45-42-39-36-33-30-27-24-23-25-28-31-34-37-40-43-46-50-54-58-62-66-70-81-75(80)69-65-61-57-53-49-16-14-12-10-8-6-4-2/h23-24,63,67,72-73,77-78H,3-22,25-62,64-66,68-71H2,1-2H3,(H,76,79)/b24-23-,67-63+. The van der Waals surface area contributed by atoms with Crippen LogP contribution in [-0.2, 0) is 14.3 Å². The summed E-state index contributed by atoms with van der Waals surface area (Å²) in [7, 11) is 0. The van der Waals surface area contributed by atoms with Gasteiger partial charge >= 0.3 is 5.97 Å². The summed E-state index contributed by atoms with van der Waals surface area (Å²) in [6.45, 7) is 4.95. The van der Waals surface area contributed by atoms with Crippen LogP contribution in [0.3, 0.4) is 0 Å². The molecule has 6 heteroatoms. The molecule has 0 aromatic carbocycles. The highest BCUT2D eigenvalue weighted by Gasteiger charge is 2.18. The summed E-state index contributed by atoms with van der Waals surface area (Å²) in [5.41, 5.74) is 0. The third-order valence-corrected chi connectivity index (χ3v) is 17.5. The van der Waals surface area contributed by atoms with Gasteiger partial charge in [0.15, 0.2) is 0 Å². The summed E-state index contributed by atoms with van der Waals surface area (Å²) in [5.74, 6) is -0.0476. The number of hydrogen-bond acceptors (Lipinski definition) is 5. The molecule has 480 valence electrons. The lowest BCUT2D eigenvalue weighted by molar-refractivity contribution is -0.143. The van der Waals surface area contributed by atoms with Crippen LogP contribution in [-0.4, -0.2) is 47.4 Å². The lowest BCUT2D eigenvalue weighted by Crippen LogP contribution is -2.45. The van der Waals surface area contributed by atoms with Gasteiger partial charge in [0.1, 0.15) is 0 Å². The van der Waals surface area contributed by atoms with Crippen molar-refractivity contribution >= 4 is 11.9 Å². The minimum Gasteiger partial charge on any atom is -0.466 e. The average molecular weight is 1140 g/mol. The van der Waals surface area contributed by atoms with Crippen LogP contribution in [0.25, 0.3) is 0 Å². The first-order valence-corrected chi connectivity index (χ1v) is 37.1. The third kappa shape index (κ3) is 67.3. The normalized spacial score (nSPS) is 12.6. The van der Waals surface area contributed by atoms with Crippen LogP contribution >= 0.6 is 0 Å². The predicted octanol–water partition coefficient (Wildman–Crippen LogP) is 24.1. The Labute approximate surface area is 507 Å². The number of esters is 1. The molecule has 0 rings (SSSR count). The zero-order valence-electron chi connectivity index (χ0n) is 55.0. The van der Waals surface area contributed by atoms with E-state index in [4.69, 9.17) is 4.74 Å². The molecule has 2 unspecified atom stereocenters. The number of amides is 1. The molecule has 0 aliphatic carbocycles. The van der Waals surface area contributed by atoms with Crippen molar-refractivity contribution in [3.05, 3.63) is 24.3 Å². The van der Waals surface area contributed by atoms with Gasteiger partial charge in [0.05, 0.1) is 25.4 Å².